The van der Waals surface area contributed by atoms with Crippen LogP contribution >= 0.6 is 11.6 Å². The van der Waals surface area contributed by atoms with E-state index in [-0.39, 0.29) is 10.6 Å². The van der Waals surface area contributed by atoms with E-state index in [1.54, 1.807) is 20.8 Å². The minimum atomic E-state index is -4.63. The average Bonchev–Trinajstić information content (AvgIpc) is 2.34. The minimum Gasteiger partial charge on any atom is -0.481 e. The molecule has 0 aliphatic heterocycles. The molecule has 0 fully saturated rings. The molecule has 0 unspecified atom stereocenters. The first-order valence-electron chi connectivity index (χ1n) is 6.87. The van der Waals surface area contributed by atoms with Gasteiger partial charge in [0.2, 0.25) is 0 Å². The Balaban J connectivity index is 3.16. The first-order valence-corrected chi connectivity index (χ1v) is 7.25. The number of benzene rings is 1. The molecule has 0 radical (unpaired) electrons. The van der Waals surface area contributed by atoms with Crippen LogP contribution in [0.4, 0.5) is 18.0 Å². The molecular formula is C15H17ClF3NO4. The summed E-state index contributed by atoms with van der Waals surface area (Å²) in [6.45, 7) is 4.78. The zero-order chi connectivity index (χ0) is 18.7. The van der Waals surface area contributed by atoms with E-state index in [2.05, 4.69) is 5.32 Å². The zero-order valence-electron chi connectivity index (χ0n) is 13.2. The number of carboxylic acid groups (broad SMARTS) is 1. The first kappa shape index (κ1) is 20.1. The number of ether oxygens (including phenoxy) is 1. The average molecular weight is 368 g/mol. The quantitative estimate of drug-likeness (QED) is 0.827. The Labute approximate surface area is 141 Å². The third-order valence-corrected chi connectivity index (χ3v) is 3.11. The van der Waals surface area contributed by atoms with Crippen molar-refractivity contribution in [3.8, 4) is 0 Å². The number of alkyl halides is 3. The number of carbonyl (C=O) groups is 2. The molecule has 24 heavy (non-hydrogen) atoms. The number of nitrogens with one attached hydrogen (secondary N) is 1. The van der Waals surface area contributed by atoms with Crippen molar-refractivity contribution >= 4 is 23.7 Å². The Morgan fingerprint density at radius 2 is 1.88 bits per heavy atom. The summed E-state index contributed by atoms with van der Waals surface area (Å²) < 4.78 is 43.5. The van der Waals surface area contributed by atoms with Gasteiger partial charge in [0.05, 0.1) is 18.0 Å². The van der Waals surface area contributed by atoms with E-state index in [1.807, 2.05) is 0 Å². The van der Waals surface area contributed by atoms with Crippen molar-refractivity contribution < 1.29 is 32.6 Å². The van der Waals surface area contributed by atoms with Gasteiger partial charge in [-0.2, -0.15) is 13.2 Å². The predicted octanol–water partition coefficient (Wildman–Crippen LogP) is 4.40. The number of carboxylic acids is 1. The predicted molar refractivity (Wildman–Crippen MR) is 80.8 cm³/mol. The highest BCUT2D eigenvalue weighted by Gasteiger charge is 2.32. The molecule has 0 heterocycles. The number of amides is 1. The van der Waals surface area contributed by atoms with E-state index in [1.165, 1.54) is 0 Å². The van der Waals surface area contributed by atoms with Crippen LogP contribution in [-0.4, -0.2) is 22.8 Å². The smallest absolute Gasteiger partial charge is 0.416 e. The lowest BCUT2D eigenvalue weighted by Crippen LogP contribution is -2.36. The first-order chi connectivity index (χ1) is 10.8. The topological polar surface area (TPSA) is 75.6 Å². The Morgan fingerprint density at radius 3 is 2.33 bits per heavy atom. The lowest BCUT2D eigenvalue weighted by atomic mass is 10.0. The van der Waals surface area contributed by atoms with E-state index in [0.717, 1.165) is 12.1 Å². The minimum absolute atomic E-state index is 0.0923. The van der Waals surface area contributed by atoms with Gasteiger partial charge in [0.15, 0.2) is 0 Å². The number of halogens is 4. The van der Waals surface area contributed by atoms with Gasteiger partial charge in [-0.3, -0.25) is 4.79 Å². The SMILES string of the molecule is CC(C)(C)OC(=O)N[C@H](CC(=O)O)c1cc(C(F)(F)F)ccc1Cl. The molecule has 0 saturated carbocycles. The molecule has 5 nitrogen and oxygen atoms in total. The van der Waals surface area contributed by atoms with Crippen LogP contribution in [0.15, 0.2) is 18.2 Å². The van der Waals surface area contributed by atoms with Gasteiger partial charge in [0.25, 0.3) is 0 Å². The van der Waals surface area contributed by atoms with E-state index < -0.39 is 41.9 Å². The van der Waals surface area contributed by atoms with Crippen molar-refractivity contribution in [2.24, 2.45) is 0 Å². The number of rotatable bonds is 4. The fourth-order valence-electron chi connectivity index (χ4n) is 1.85. The monoisotopic (exact) mass is 367 g/mol. The van der Waals surface area contributed by atoms with Gasteiger partial charge in [-0.1, -0.05) is 11.6 Å². The highest BCUT2D eigenvalue weighted by molar-refractivity contribution is 6.31. The van der Waals surface area contributed by atoms with Gasteiger partial charge in [-0.15, -0.1) is 0 Å². The lowest BCUT2D eigenvalue weighted by Gasteiger charge is -2.24. The molecule has 1 atom stereocenters. The second kappa shape index (κ2) is 7.29. The van der Waals surface area contributed by atoms with Crippen molar-refractivity contribution in [3.63, 3.8) is 0 Å². The molecule has 1 rings (SSSR count). The number of hydrogen-bond donors (Lipinski definition) is 2. The van der Waals surface area contributed by atoms with Gasteiger partial charge in [0, 0.05) is 5.02 Å². The third kappa shape index (κ3) is 6.27. The third-order valence-electron chi connectivity index (χ3n) is 2.77. The van der Waals surface area contributed by atoms with Crippen LogP contribution in [0.1, 0.15) is 44.4 Å². The molecular weight excluding hydrogens is 351 g/mol. The molecule has 9 heteroatoms. The number of carbonyl (C=O) groups excluding carboxylic acids is 1. The standard InChI is InChI=1S/C15H17ClF3NO4/c1-14(2,3)24-13(23)20-11(7-12(21)22)9-6-8(15(17,18)19)4-5-10(9)16/h4-6,11H,7H2,1-3H3,(H,20,23)(H,21,22)/t11-/m1/s1. The Kier molecular flexibility index (Phi) is 6.10. The second-order valence-electron chi connectivity index (χ2n) is 6.03. The summed E-state index contributed by atoms with van der Waals surface area (Å²) in [6, 6.07) is 1.22. The molecule has 0 aliphatic rings. The van der Waals surface area contributed by atoms with E-state index in [9.17, 15) is 22.8 Å². The van der Waals surface area contributed by atoms with Crippen LogP contribution in [0.25, 0.3) is 0 Å². The summed E-state index contributed by atoms with van der Waals surface area (Å²) in [5, 5.41) is 11.1. The molecule has 134 valence electrons. The summed E-state index contributed by atoms with van der Waals surface area (Å²) in [5.41, 5.74) is -2.00. The molecule has 1 aromatic carbocycles. The highest BCUT2D eigenvalue weighted by atomic mass is 35.5. The van der Waals surface area contributed by atoms with Crippen molar-refractivity contribution in [3.05, 3.63) is 34.3 Å². The summed E-state index contributed by atoms with van der Waals surface area (Å²) >= 11 is 5.89. The fraction of sp³-hybridized carbons (Fsp3) is 0.467. The van der Waals surface area contributed by atoms with Crippen LogP contribution in [0.5, 0.6) is 0 Å². The van der Waals surface area contributed by atoms with Gasteiger partial charge < -0.3 is 15.2 Å². The molecule has 1 aromatic rings. The van der Waals surface area contributed by atoms with E-state index in [0.29, 0.717) is 6.07 Å². The van der Waals surface area contributed by atoms with E-state index in [4.69, 9.17) is 21.4 Å². The van der Waals surface area contributed by atoms with Crippen molar-refractivity contribution in [2.75, 3.05) is 0 Å². The van der Waals surface area contributed by atoms with Gasteiger partial charge in [-0.25, -0.2) is 4.79 Å². The number of hydrogen-bond acceptors (Lipinski definition) is 3. The molecule has 0 saturated heterocycles. The van der Waals surface area contributed by atoms with Gasteiger partial charge >= 0.3 is 18.2 Å². The maximum atomic E-state index is 12.8. The Hall–Kier alpha value is -1.96. The Morgan fingerprint density at radius 1 is 1.29 bits per heavy atom. The highest BCUT2D eigenvalue weighted by Crippen LogP contribution is 2.34. The van der Waals surface area contributed by atoms with Crippen LogP contribution < -0.4 is 5.32 Å². The molecule has 2 N–H and O–H groups in total. The summed E-state index contributed by atoms with van der Waals surface area (Å²) in [6.07, 6.45) is -6.23. The van der Waals surface area contributed by atoms with Crippen LogP contribution in [0, 0.1) is 0 Å². The van der Waals surface area contributed by atoms with Crippen molar-refractivity contribution in [1.29, 1.82) is 0 Å². The van der Waals surface area contributed by atoms with Crippen LogP contribution in [-0.2, 0) is 15.7 Å². The van der Waals surface area contributed by atoms with E-state index >= 15 is 0 Å². The van der Waals surface area contributed by atoms with Crippen molar-refractivity contribution in [1.82, 2.24) is 5.32 Å². The largest absolute Gasteiger partial charge is 0.481 e. The van der Waals surface area contributed by atoms with Crippen LogP contribution in [0.2, 0.25) is 5.02 Å². The number of aliphatic carboxylic acids is 1. The number of alkyl carbamates (subject to hydrolysis) is 1. The molecule has 1 amide bonds. The summed E-state index contributed by atoms with van der Waals surface area (Å²) in [4.78, 5) is 22.8. The lowest BCUT2D eigenvalue weighted by molar-refractivity contribution is -0.138. The molecule has 0 spiro atoms. The second-order valence-corrected chi connectivity index (χ2v) is 6.44. The summed E-state index contributed by atoms with van der Waals surface area (Å²) in [7, 11) is 0. The zero-order valence-corrected chi connectivity index (χ0v) is 14.0. The van der Waals surface area contributed by atoms with Crippen LogP contribution in [0.3, 0.4) is 0 Å². The summed E-state index contributed by atoms with van der Waals surface area (Å²) in [5.74, 6) is -1.32. The van der Waals surface area contributed by atoms with Gasteiger partial charge in [0.1, 0.15) is 5.60 Å². The maximum absolute atomic E-state index is 12.8. The van der Waals surface area contributed by atoms with Crippen molar-refractivity contribution in [2.45, 2.75) is 45.0 Å². The molecule has 0 bridgehead atoms. The molecule has 0 aromatic heterocycles. The molecule has 0 aliphatic carbocycles. The van der Waals surface area contributed by atoms with Gasteiger partial charge in [-0.05, 0) is 44.5 Å². The Bertz CT molecular complexity index is 626. The maximum Gasteiger partial charge on any atom is 0.416 e. The normalized spacial score (nSPS) is 13.3. The fourth-order valence-corrected chi connectivity index (χ4v) is 2.10.